The maximum absolute atomic E-state index is 13.7. The minimum absolute atomic E-state index is 0.0776. The Hall–Kier alpha value is -3.43. The summed E-state index contributed by atoms with van der Waals surface area (Å²) in [6, 6.07) is 5.04. The van der Waals surface area contributed by atoms with Crippen molar-refractivity contribution in [2.75, 3.05) is 12.4 Å². The van der Waals surface area contributed by atoms with Crippen LogP contribution in [0, 0.1) is 11.7 Å². The van der Waals surface area contributed by atoms with Crippen LogP contribution in [-0.2, 0) is 11.0 Å². The number of rotatable bonds is 5. The third-order valence-electron chi connectivity index (χ3n) is 5.89. The Bertz CT molecular complexity index is 1200. The molecule has 174 valence electrons. The maximum Gasteiger partial charge on any atom is 0.416 e. The third-order valence-corrected chi connectivity index (χ3v) is 5.89. The molecule has 1 aliphatic carbocycles. The van der Waals surface area contributed by atoms with Gasteiger partial charge in [0, 0.05) is 29.1 Å². The standard InChI is InChI=1S/C23H21F4N3O3/c1-33-21-10-19-15(11-30(29-19)18-4-2-13(12-31)3-5-18)8-20(21)28-22(32)14-6-16(23(25,26)27)9-17(24)7-14/h6-13,18H,2-5H2,1H3,(H,28,32)/t13-,18-. The Balaban J connectivity index is 1.61. The fraction of sp³-hybridized carbons (Fsp3) is 0.348. The number of carbonyl (C=O) groups excluding carboxylic acids is 2. The van der Waals surface area contributed by atoms with Crippen molar-refractivity contribution in [1.29, 1.82) is 0 Å². The van der Waals surface area contributed by atoms with Crippen LogP contribution in [0.5, 0.6) is 5.75 Å². The largest absolute Gasteiger partial charge is 0.494 e. The van der Waals surface area contributed by atoms with Gasteiger partial charge in [0.1, 0.15) is 17.9 Å². The lowest BCUT2D eigenvalue weighted by Crippen LogP contribution is -2.19. The van der Waals surface area contributed by atoms with Crippen LogP contribution in [0.1, 0.15) is 47.6 Å². The number of hydrogen-bond donors (Lipinski definition) is 1. The van der Waals surface area contributed by atoms with E-state index in [0.717, 1.165) is 38.0 Å². The number of alkyl halides is 3. The number of benzene rings is 2. The first kappa shape index (κ1) is 22.8. The van der Waals surface area contributed by atoms with Gasteiger partial charge in [-0.1, -0.05) is 0 Å². The van der Waals surface area contributed by atoms with Crippen molar-refractivity contribution < 1.29 is 31.9 Å². The molecular formula is C23H21F4N3O3. The van der Waals surface area contributed by atoms with E-state index in [1.54, 1.807) is 12.1 Å². The lowest BCUT2D eigenvalue weighted by Gasteiger charge is -2.25. The van der Waals surface area contributed by atoms with Gasteiger partial charge in [0.25, 0.3) is 5.91 Å². The van der Waals surface area contributed by atoms with Crippen LogP contribution in [0.2, 0.25) is 0 Å². The molecule has 0 saturated heterocycles. The third kappa shape index (κ3) is 4.84. The van der Waals surface area contributed by atoms with Crippen molar-refractivity contribution in [3.63, 3.8) is 0 Å². The highest BCUT2D eigenvalue weighted by atomic mass is 19.4. The van der Waals surface area contributed by atoms with E-state index in [1.807, 2.05) is 10.9 Å². The molecule has 0 unspecified atom stereocenters. The number of hydrogen-bond acceptors (Lipinski definition) is 4. The molecule has 33 heavy (non-hydrogen) atoms. The number of aldehydes is 1. The number of fused-ring (bicyclic) bond motifs is 1. The van der Waals surface area contributed by atoms with Crippen LogP contribution in [0.15, 0.2) is 36.5 Å². The second kappa shape index (κ2) is 8.84. The Morgan fingerprint density at radius 3 is 2.52 bits per heavy atom. The SMILES string of the molecule is COc1cc2nn([C@H]3CC[C@H](C=O)CC3)cc2cc1NC(=O)c1cc(F)cc(C(F)(F)F)c1. The second-order valence-electron chi connectivity index (χ2n) is 8.11. The van der Waals surface area contributed by atoms with Crippen molar-refractivity contribution in [3.05, 3.63) is 53.5 Å². The van der Waals surface area contributed by atoms with Gasteiger partial charge in [-0.05, 0) is 49.9 Å². The van der Waals surface area contributed by atoms with Gasteiger partial charge in [-0.15, -0.1) is 0 Å². The van der Waals surface area contributed by atoms with Gasteiger partial charge in [-0.25, -0.2) is 4.39 Å². The van der Waals surface area contributed by atoms with Crippen LogP contribution < -0.4 is 10.1 Å². The van der Waals surface area contributed by atoms with Gasteiger partial charge in [-0.3, -0.25) is 9.48 Å². The van der Waals surface area contributed by atoms with Crippen molar-refractivity contribution in [1.82, 2.24) is 9.78 Å². The predicted molar refractivity (Wildman–Crippen MR) is 113 cm³/mol. The summed E-state index contributed by atoms with van der Waals surface area (Å²) in [6.07, 6.45) is 1.25. The number of nitrogens with one attached hydrogen (secondary N) is 1. The highest BCUT2D eigenvalue weighted by Crippen LogP contribution is 2.35. The van der Waals surface area contributed by atoms with Gasteiger partial charge in [0.05, 0.1) is 29.9 Å². The molecule has 1 aromatic heterocycles. The van der Waals surface area contributed by atoms with Crippen LogP contribution in [0.3, 0.4) is 0 Å². The lowest BCUT2D eigenvalue weighted by atomic mass is 9.87. The van der Waals surface area contributed by atoms with E-state index in [-0.39, 0.29) is 23.4 Å². The minimum Gasteiger partial charge on any atom is -0.494 e. The summed E-state index contributed by atoms with van der Waals surface area (Å²) in [5.74, 6) is -1.73. The molecule has 10 heteroatoms. The molecule has 1 heterocycles. The summed E-state index contributed by atoms with van der Waals surface area (Å²) >= 11 is 0. The maximum atomic E-state index is 13.7. The number of halogens is 4. The molecule has 1 fully saturated rings. The summed E-state index contributed by atoms with van der Waals surface area (Å²) in [5.41, 5.74) is -0.878. The first-order valence-electron chi connectivity index (χ1n) is 10.4. The highest BCUT2D eigenvalue weighted by Gasteiger charge is 2.32. The van der Waals surface area contributed by atoms with Gasteiger partial charge in [0.2, 0.25) is 0 Å². The fourth-order valence-corrected chi connectivity index (χ4v) is 4.11. The Labute approximate surface area is 186 Å². The molecule has 1 N–H and O–H groups in total. The molecule has 1 amide bonds. The molecule has 0 aliphatic heterocycles. The first-order chi connectivity index (χ1) is 15.7. The zero-order valence-electron chi connectivity index (χ0n) is 17.7. The van der Waals surface area contributed by atoms with E-state index >= 15 is 0 Å². The molecule has 4 rings (SSSR count). The molecule has 0 bridgehead atoms. The normalized spacial score (nSPS) is 18.8. The number of aromatic nitrogens is 2. The number of anilines is 1. The Kier molecular flexibility index (Phi) is 6.09. The van der Waals surface area contributed by atoms with E-state index in [0.29, 0.717) is 23.0 Å². The number of nitrogens with zero attached hydrogens (tertiary/aromatic N) is 2. The quantitative estimate of drug-likeness (QED) is 0.407. The van der Waals surface area contributed by atoms with E-state index in [4.69, 9.17) is 4.74 Å². The smallest absolute Gasteiger partial charge is 0.416 e. The van der Waals surface area contributed by atoms with E-state index < -0.39 is 29.0 Å². The topological polar surface area (TPSA) is 73.2 Å². The van der Waals surface area contributed by atoms with E-state index in [9.17, 15) is 27.2 Å². The summed E-state index contributed by atoms with van der Waals surface area (Å²) in [7, 11) is 1.39. The lowest BCUT2D eigenvalue weighted by molar-refractivity contribution is -0.137. The minimum atomic E-state index is -4.78. The number of carbonyl (C=O) groups is 2. The fourth-order valence-electron chi connectivity index (χ4n) is 4.11. The number of methoxy groups -OCH3 is 1. The highest BCUT2D eigenvalue weighted by molar-refractivity contribution is 6.06. The van der Waals surface area contributed by atoms with Crippen LogP contribution in [-0.4, -0.2) is 29.1 Å². The monoisotopic (exact) mass is 463 g/mol. The molecule has 0 atom stereocenters. The van der Waals surface area contributed by atoms with E-state index in [1.165, 1.54) is 7.11 Å². The summed E-state index contributed by atoms with van der Waals surface area (Å²) < 4.78 is 59.8. The molecular weight excluding hydrogens is 442 g/mol. The number of ether oxygens (including phenoxy) is 1. The Morgan fingerprint density at radius 2 is 1.88 bits per heavy atom. The molecule has 2 aromatic carbocycles. The molecule has 1 aliphatic rings. The van der Waals surface area contributed by atoms with E-state index in [2.05, 4.69) is 10.4 Å². The zero-order chi connectivity index (χ0) is 23.8. The second-order valence-corrected chi connectivity index (χ2v) is 8.11. The summed E-state index contributed by atoms with van der Waals surface area (Å²) in [5, 5.41) is 7.78. The van der Waals surface area contributed by atoms with Crippen molar-refractivity contribution in [2.45, 2.75) is 37.9 Å². The average Bonchev–Trinajstić information content (AvgIpc) is 3.20. The van der Waals surface area contributed by atoms with Crippen LogP contribution >= 0.6 is 0 Å². The first-order valence-corrected chi connectivity index (χ1v) is 10.4. The molecule has 3 aromatic rings. The number of amides is 1. The molecule has 0 spiro atoms. The molecule has 0 radical (unpaired) electrons. The van der Waals surface area contributed by atoms with Crippen LogP contribution in [0.4, 0.5) is 23.2 Å². The van der Waals surface area contributed by atoms with Gasteiger partial charge >= 0.3 is 6.18 Å². The van der Waals surface area contributed by atoms with Gasteiger partial charge < -0.3 is 14.8 Å². The summed E-state index contributed by atoms with van der Waals surface area (Å²) in [6.45, 7) is 0. The predicted octanol–water partition coefficient (Wildman–Crippen LogP) is 5.39. The van der Waals surface area contributed by atoms with Gasteiger partial charge in [-0.2, -0.15) is 18.3 Å². The van der Waals surface area contributed by atoms with Crippen LogP contribution in [0.25, 0.3) is 10.9 Å². The zero-order valence-corrected chi connectivity index (χ0v) is 17.7. The van der Waals surface area contributed by atoms with Gasteiger partial charge in [0.15, 0.2) is 0 Å². The average molecular weight is 463 g/mol. The summed E-state index contributed by atoms with van der Waals surface area (Å²) in [4.78, 5) is 23.6. The van der Waals surface area contributed by atoms with Crippen molar-refractivity contribution >= 4 is 28.8 Å². The Morgan fingerprint density at radius 1 is 1.15 bits per heavy atom. The molecule has 1 saturated carbocycles. The van der Waals surface area contributed by atoms with Crippen molar-refractivity contribution in [3.8, 4) is 5.75 Å². The van der Waals surface area contributed by atoms with Crippen molar-refractivity contribution in [2.24, 2.45) is 5.92 Å². The molecule has 6 nitrogen and oxygen atoms in total.